The van der Waals surface area contributed by atoms with Gasteiger partial charge in [-0.1, -0.05) is 307 Å². The van der Waals surface area contributed by atoms with Crippen LogP contribution in [0, 0.1) is 0 Å². The van der Waals surface area contributed by atoms with Gasteiger partial charge in [-0.05, 0) is 83.5 Å². The number of hydrogen-bond donors (Lipinski definition) is 3. The number of rotatable bonds is 63. The quantitative estimate of drug-likeness (QED) is 0.0320. The Morgan fingerprint density at radius 3 is 0.960 bits per heavy atom. The third kappa shape index (κ3) is 61.2. The fraction of sp³-hybridized carbons (Fsp3) is 0.884. The van der Waals surface area contributed by atoms with Gasteiger partial charge < -0.3 is 20.3 Å². The van der Waals surface area contributed by atoms with E-state index in [1.54, 1.807) is 6.08 Å². The van der Waals surface area contributed by atoms with E-state index in [2.05, 4.69) is 43.5 Å². The van der Waals surface area contributed by atoms with Gasteiger partial charge >= 0.3 is 5.97 Å². The molecule has 6 heteroatoms. The molecule has 0 spiro atoms. The Kier molecular flexibility index (Phi) is 63.0. The van der Waals surface area contributed by atoms with Crippen molar-refractivity contribution in [1.29, 1.82) is 0 Å². The molecular weight excluding hydrogens is 923 g/mol. The monoisotopic (exact) mass is 1050 g/mol. The van der Waals surface area contributed by atoms with Gasteiger partial charge in [0.15, 0.2) is 0 Å². The second-order valence-corrected chi connectivity index (χ2v) is 23.1. The summed E-state index contributed by atoms with van der Waals surface area (Å²) in [7, 11) is 0. The predicted molar refractivity (Wildman–Crippen MR) is 329 cm³/mol. The van der Waals surface area contributed by atoms with E-state index in [1.165, 1.54) is 295 Å². The van der Waals surface area contributed by atoms with Gasteiger partial charge in [-0.3, -0.25) is 9.59 Å². The summed E-state index contributed by atoms with van der Waals surface area (Å²) in [5.41, 5.74) is 0. The highest BCUT2D eigenvalue weighted by Gasteiger charge is 2.18. The Bertz CT molecular complexity index is 1210. The molecule has 3 N–H and O–H groups in total. The molecule has 2 atom stereocenters. The van der Waals surface area contributed by atoms with E-state index in [0.29, 0.717) is 19.4 Å². The number of allylic oxidation sites excluding steroid dienone is 5. The largest absolute Gasteiger partial charge is 0.466 e. The molecule has 0 aliphatic heterocycles. The first kappa shape index (κ1) is 73.1. The van der Waals surface area contributed by atoms with Crippen LogP contribution >= 0.6 is 0 Å². The molecule has 0 fully saturated rings. The lowest BCUT2D eigenvalue weighted by Gasteiger charge is -2.20. The molecule has 0 radical (unpaired) electrons. The van der Waals surface area contributed by atoms with Crippen molar-refractivity contribution in [3.05, 3.63) is 36.5 Å². The van der Waals surface area contributed by atoms with Crippen molar-refractivity contribution in [2.45, 2.75) is 379 Å². The minimum Gasteiger partial charge on any atom is -0.466 e. The van der Waals surface area contributed by atoms with Crippen molar-refractivity contribution in [1.82, 2.24) is 5.32 Å². The average molecular weight is 1050 g/mol. The van der Waals surface area contributed by atoms with E-state index in [0.717, 1.165) is 44.9 Å². The zero-order valence-electron chi connectivity index (χ0n) is 50.5. The van der Waals surface area contributed by atoms with E-state index in [1.807, 2.05) is 6.08 Å². The summed E-state index contributed by atoms with van der Waals surface area (Å²) in [4.78, 5) is 24.5. The van der Waals surface area contributed by atoms with E-state index < -0.39 is 12.1 Å². The standard InChI is InChI=1S/C69H131NO5/c1-3-5-7-9-11-13-15-17-34-38-41-45-49-53-57-61-67(72)66(65-71)70-68(73)62-58-54-50-46-42-39-35-32-30-28-26-24-22-20-18-19-21-23-25-27-29-31-33-36-40-44-48-52-56-60-64-75-69(74)63-59-55-51-47-43-37-16-14-12-10-8-6-4-2/h14,16,19,21,57,61,66-67,71-72H,3-13,15,17-18,20,22-56,58-60,62-65H2,1-2H3,(H,70,73)/b16-14-,21-19-,61-57+. The molecule has 75 heavy (non-hydrogen) atoms. The zero-order valence-corrected chi connectivity index (χ0v) is 50.5. The van der Waals surface area contributed by atoms with Crippen LogP contribution in [0.25, 0.3) is 0 Å². The highest BCUT2D eigenvalue weighted by atomic mass is 16.5. The molecule has 0 bridgehead atoms. The number of carbonyl (C=O) groups excluding carboxylic acids is 2. The second kappa shape index (κ2) is 64.6. The van der Waals surface area contributed by atoms with Gasteiger partial charge in [-0.25, -0.2) is 0 Å². The van der Waals surface area contributed by atoms with Crippen LogP contribution in [0.5, 0.6) is 0 Å². The number of aliphatic hydroxyl groups is 2. The molecule has 0 aliphatic carbocycles. The van der Waals surface area contributed by atoms with Crippen molar-refractivity contribution in [2.75, 3.05) is 13.2 Å². The average Bonchev–Trinajstić information content (AvgIpc) is 3.41. The van der Waals surface area contributed by atoms with Crippen molar-refractivity contribution in [3.8, 4) is 0 Å². The third-order valence-electron chi connectivity index (χ3n) is 15.6. The summed E-state index contributed by atoms with van der Waals surface area (Å²) >= 11 is 0. The van der Waals surface area contributed by atoms with Crippen LogP contribution in [0.1, 0.15) is 367 Å². The minimum atomic E-state index is -0.843. The van der Waals surface area contributed by atoms with E-state index in [-0.39, 0.29) is 18.5 Å². The molecule has 0 aromatic heterocycles. The Hall–Kier alpha value is -1.92. The molecule has 2 unspecified atom stereocenters. The molecule has 0 aromatic rings. The van der Waals surface area contributed by atoms with Crippen LogP contribution in [0.2, 0.25) is 0 Å². The molecule has 0 saturated heterocycles. The molecule has 0 rings (SSSR count). The predicted octanol–water partition coefficient (Wildman–Crippen LogP) is 21.5. The van der Waals surface area contributed by atoms with Crippen LogP contribution in [0.3, 0.4) is 0 Å². The topological polar surface area (TPSA) is 95.9 Å². The first-order chi connectivity index (χ1) is 37.0. The molecule has 0 aliphatic rings. The van der Waals surface area contributed by atoms with E-state index in [4.69, 9.17) is 4.74 Å². The highest BCUT2D eigenvalue weighted by molar-refractivity contribution is 5.76. The van der Waals surface area contributed by atoms with Crippen LogP contribution in [-0.4, -0.2) is 47.4 Å². The Labute approximate surface area is 468 Å². The summed E-state index contributed by atoms with van der Waals surface area (Å²) < 4.78 is 5.48. The molecule has 442 valence electrons. The number of esters is 1. The molecule has 0 heterocycles. The maximum Gasteiger partial charge on any atom is 0.305 e. The van der Waals surface area contributed by atoms with Crippen molar-refractivity contribution >= 4 is 11.9 Å². The normalized spacial score (nSPS) is 12.7. The molecular formula is C69H131NO5. The Morgan fingerprint density at radius 1 is 0.360 bits per heavy atom. The summed E-state index contributed by atoms with van der Waals surface area (Å²) in [6, 6.07) is -0.626. The minimum absolute atomic E-state index is 0.00764. The number of hydrogen-bond acceptors (Lipinski definition) is 5. The number of ether oxygens (including phenoxy) is 1. The molecule has 0 saturated carbocycles. The fourth-order valence-electron chi connectivity index (χ4n) is 10.4. The molecule has 0 aromatic carbocycles. The number of amides is 1. The molecule has 1 amide bonds. The van der Waals surface area contributed by atoms with Crippen molar-refractivity contribution in [3.63, 3.8) is 0 Å². The number of carbonyl (C=O) groups is 2. The van der Waals surface area contributed by atoms with Crippen LogP contribution in [0.4, 0.5) is 0 Å². The maximum absolute atomic E-state index is 12.5. The number of unbranched alkanes of at least 4 members (excludes halogenated alkanes) is 48. The maximum atomic E-state index is 12.5. The summed E-state index contributed by atoms with van der Waals surface area (Å²) in [5, 5.41) is 23.2. The van der Waals surface area contributed by atoms with Crippen LogP contribution < -0.4 is 5.32 Å². The zero-order chi connectivity index (χ0) is 54.3. The van der Waals surface area contributed by atoms with E-state index >= 15 is 0 Å². The number of nitrogens with one attached hydrogen (secondary N) is 1. The van der Waals surface area contributed by atoms with Gasteiger partial charge in [0.1, 0.15) is 0 Å². The smallest absolute Gasteiger partial charge is 0.305 e. The van der Waals surface area contributed by atoms with Gasteiger partial charge in [-0.15, -0.1) is 0 Å². The van der Waals surface area contributed by atoms with Crippen molar-refractivity contribution in [2.24, 2.45) is 0 Å². The van der Waals surface area contributed by atoms with Gasteiger partial charge in [0.2, 0.25) is 5.91 Å². The number of aliphatic hydroxyl groups excluding tert-OH is 2. The SMILES string of the molecule is CCCCCC/C=C\CCCCCCCC(=O)OCCCCCCCCCCCCCC/C=C\CCCCCCCCCCCCCCCCC(=O)NC(CO)C(O)/C=C/CCCCCCCCCCCCCCC. The first-order valence-electron chi connectivity index (χ1n) is 33.8. The van der Waals surface area contributed by atoms with Gasteiger partial charge in [-0.2, -0.15) is 0 Å². The Balaban J connectivity index is 3.38. The van der Waals surface area contributed by atoms with E-state index in [9.17, 15) is 19.8 Å². The Morgan fingerprint density at radius 2 is 0.627 bits per heavy atom. The third-order valence-corrected chi connectivity index (χ3v) is 15.6. The molecule has 6 nitrogen and oxygen atoms in total. The van der Waals surface area contributed by atoms with Gasteiger partial charge in [0.05, 0.1) is 25.4 Å². The van der Waals surface area contributed by atoms with Crippen molar-refractivity contribution < 1.29 is 24.5 Å². The summed E-state index contributed by atoms with van der Waals surface area (Å²) in [6.07, 6.45) is 82.1. The summed E-state index contributed by atoms with van der Waals surface area (Å²) in [6.45, 7) is 4.91. The highest BCUT2D eigenvalue weighted by Crippen LogP contribution is 2.18. The van der Waals surface area contributed by atoms with Gasteiger partial charge in [0.25, 0.3) is 0 Å². The lowest BCUT2D eigenvalue weighted by Crippen LogP contribution is -2.45. The fourth-order valence-corrected chi connectivity index (χ4v) is 10.4. The van der Waals surface area contributed by atoms with Gasteiger partial charge in [0, 0.05) is 12.8 Å². The first-order valence-corrected chi connectivity index (χ1v) is 33.8. The van der Waals surface area contributed by atoms with Crippen LogP contribution in [-0.2, 0) is 14.3 Å². The lowest BCUT2D eigenvalue weighted by molar-refractivity contribution is -0.143. The lowest BCUT2D eigenvalue weighted by atomic mass is 10.0. The summed E-state index contributed by atoms with van der Waals surface area (Å²) in [5.74, 6) is -0.0571. The van der Waals surface area contributed by atoms with Crippen LogP contribution in [0.15, 0.2) is 36.5 Å². The second-order valence-electron chi connectivity index (χ2n) is 23.1.